The Labute approximate surface area is 130 Å². The summed E-state index contributed by atoms with van der Waals surface area (Å²) in [6, 6.07) is 6.42. The van der Waals surface area contributed by atoms with Gasteiger partial charge in [0.1, 0.15) is 5.69 Å². The molecule has 0 aliphatic carbocycles. The van der Waals surface area contributed by atoms with Crippen LogP contribution in [0.2, 0.25) is 0 Å². The Morgan fingerprint density at radius 2 is 2.05 bits per heavy atom. The number of hydrogen-bond acceptors (Lipinski definition) is 4. The molecule has 2 aromatic rings. The number of rotatable bonds is 5. The molecule has 0 saturated heterocycles. The molecule has 1 aromatic carbocycles. The molecule has 1 N–H and O–H groups in total. The van der Waals surface area contributed by atoms with Crippen LogP contribution in [0.25, 0.3) is 0 Å². The summed E-state index contributed by atoms with van der Waals surface area (Å²) in [6.07, 6.45) is 0.799. The molecule has 1 heterocycles. The van der Waals surface area contributed by atoms with Crippen LogP contribution in [0.3, 0.4) is 0 Å². The fourth-order valence-corrected chi connectivity index (χ4v) is 2.72. The molecule has 6 nitrogen and oxygen atoms in total. The maximum Gasteiger partial charge on any atom is 0.333 e. The van der Waals surface area contributed by atoms with Crippen molar-refractivity contribution in [2.45, 2.75) is 40.2 Å². The van der Waals surface area contributed by atoms with E-state index in [9.17, 15) is 10.1 Å². The van der Waals surface area contributed by atoms with Crippen LogP contribution >= 0.6 is 0 Å². The van der Waals surface area contributed by atoms with Crippen LogP contribution in [0.1, 0.15) is 29.3 Å². The summed E-state index contributed by atoms with van der Waals surface area (Å²) in [5.74, 6) is 0.458. The summed E-state index contributed by atoms with van der Waals surface area (Å²) in [6.45, 7) is 7.83. The van der Waals surface area contributed by atoms with E-state index in [2.05, 4.69) is 42.5 Å². The van der Waals surface area contributed by atoms with E-state index in [1.165, 1.54) is 21.4 Å². The predicted octanol–water partition coefficient (Wildman–Crippen LogP) is 3.30. The fourth-order valence-electron chi connectivity index (χ4n) is 2.72. The van der Waals surface area contributed by atoms with Gasteiger partial charge in [0.15, 0.2) is 0 Å². The maximum atomic E-state index is 11.2. The molecule has 1 atom stereocenters. The molecular weight excluding hydrogens is 280 g/mol. The number of nitrogens with zero attached hydrogens (tertiary/aromatic N) is 3. The minimum Gasteiger partial charge on any atom is -0.362 e. The molecule has 0 aliphatic rings. The lowest BCUT2D eigenvalue weighted by atomic mass is 10.00. The van der Waals surface area contributed by atoms with Crippen LogP contribution in [0.15, 0.2) is 18.2 Å². The van der Waals surface area contributed by atoms with Gasteiger partial charge in [-0.1, -0.05) is 23.8 Å². The molecule has 0 fully saturated rings. The van der Waals surface area contributed by atoms with Crippen molar-refractivity contribution in [3.05, 3.63) is 50.7 Å². The number of hydrogen-bond donors (Lipinski definition) is 1. The first-order chi connectivity index (χ1) is 10.3. The second-order valence-electron chi connectivity index (χ2n) is 5.84. The number of benzene rings is 1. The lowest BCUT2D eigenvalue weighted by Gasteiger charge is -2.16. The van der Waals surface area contributed by atoms with Crippen molar-refractivity contribution >= 4 is 11.5 Å². The molecule has 0 saturated carbocycles. The average molecular weight is 302 g/mol. The van der Waals surface area contributed by atoms with E-state index < -0.39 is 0 Å². The zero-order chi connectivity index (χ0) is 16.4. The third-order valence-electron chi connectivity index (χ3n) is 3.78. The van der Waals surface area contributed by atoms with Crippen LogP contribution in [-0.2, 0) is 13.5 Å². The Balaban J connectivity index is 2.19. The second kappa shape index (κ2) is 6.17. The number of anilines is 1. The molecule has 6 heteroatoms. The van der Waals surface area contributed by atoms with Crippen LogP contribution in [0.5, 0.6) is 0 Å². The lowest BCUT2D eigenvalue weighted by Crippen LogP contribution is -2.21. The summed E-state index contributed by atoms with van der Waals surface area (Å²) in [5, 5.41) is 18.6. The molecule has 0 amide bonds. The Kier molecular flexibility index (Phi) is 4.49. The van der Waals surface area contributed by atoms with Gasteiger partial charge in [-0.25, -0.2) is 4.68 Å². The molecule has 0 aliphatic heterocycles. The van der Waals surface area contributed by atoms with Crippen molar-refractivity contribution in [3.8, 4) is 0 Å². The maximum absolute atomic E-state index is 11.2. The first-order valence-electron chi connectivity index (χ1n) is 7.30. The van der Waals surface area contributed by atoms with E-state index >= 15 is 0 Å². The van der Waals surface area contributed by atoms with Crippen molar-refractivity contribution in [2.75, 3.05) is 5.32 Å². The Bertz CT molecular complexity index is 706. The minimum absolute atomic E-state index is 0.0509. The topological polar surface area (TPSA) is 73.0 Å². The largest absolute Gasteiger partial charge is 0.362 e. The van der Waals surface area contributed by atoms with Gasteiger partial charge in [-0.05, 0) is 45.2 Å². The molecule has 0 spiro atoms. The first-order valence-corrected chi connectivity index (χ1v) is 7.30. The minimum atomic E-state index is -0.380. The zero-order valence-corrected chi connectivity index (χ0v) is 13.7. The predicted molar refractivity (Wildman–Crippen MR) is 87.3 cm³/mol. The van der Waals surface area contributed by atoms with Gasteiger partial charge >= 0.3 is 5.69 Å². The monoisotopic (exact) mass is 302 g/mol. The standard InChI is InChI=1S/C16H22N4O2/c1-10-6-7-14(11(2)8-10)9-12(3)17-16-15(20(21)22)13(4)18-19(16)5/h6-8,12,17H,9H2,1-5H3. The van der Waals surface area contributed by atoms with Crippen molar-refractivity contribution in [1.29, 1.82) is 0 Å². The van der Waals surface area contributed by atoms with Crippen molar-refractivity contribution < 1.29 is 4.92 Å². The highest BCUT2D eigenvalue weighted by atomic mass is 16.6. The SMILES string of the molecule is Cc1ccc(CC(C)Nc2c([N+](=O)[O-])c(C)nn2C)c(C)c1. The smallest absolute Gasteiger partial charge is 0.333 e. The molecular formula is C16H22N4O2. The highest BCUT2D eigenvalue weighted by Gasteiger charge is 2.25. The Morgan fingerprint density at radius 3 is 2.64 bits per heavy atom. The van der Waals surface area contributed by atoms with Crippen LogP contribution in [-0.4, -0.2) is 20.7 Å². The number of aryl methyl sites for hydroxylation is 4. The molecule has 1 unspecified atom stereocenters. The normalized spacial score (nSPS) is 12.2. The van der Waals surface area contributed by atoms with Crippen LogP contribution in [0, 0.1) is 30.9 Å². The zero-order valence-electron chi connectivity index (χ0n) is 13.7. The van der Waals surface area contributed by atoms with Gasteiger partial charge in [0.05, 0.1) is 4.92 Å². The van der Waals surface area contributed by atoms with Crippen molar-refractivity contribution in [2.24, 2.45) is 7.05 Å². The van der Waals surface area contributed by atoms with E-state index in [0.29, 0.717) is 11.5 Å². The van der Waals surface area contributed by atoms with Gasteiger partial charge in [-0.3, -0.25) is 10.1 Å². The van der Waals surface area contributed by atoms with Crippen LogP contribution in [0.4, 0.5) is 11.5 Å². The fraction of sp³-hybridized carbons (Fsp3) is 0.438. The number of nitrogens with one attached hydrogen (secondary N) is 1. The second-order valence-corrected chi connectivity index (χ2v) is 5.84. The molecule has 118 valence electrons. The molecule has 1 aromatic heterocycles. The lowest BCUT2D eigenvalue weighted by molar-refractivity contribution is -0.384. The van der Waals surface area contributed by atoms with Crippen molar-refractivity contribution in [1.82, 2.24) is 9.78 Å². The Morgan fingerprint density at radius 1 is 1.36 bits per heavy atom. The Hall–Kier alpha value is -2.37. The number of aromatic nitrogens is 2. The quantitative estimate of drug-likeness (QED) is 0.679. The van der Waals surface area contributed by atoms with E-state index in [-0.39, 0.29) is 16.7 Å². The van der Waals surface area contributed by atoms with E-state index in [4.69, 9.17) is 0 Å². The van der Waals surface area contributed by atoms with Gasteiger partial charge in [0.25, 0.3) is 0 Å². The third kappa shape index (κ3) is 3.27. The number of nitro groups is 1. The highest BCUT2D eigenvalue weighted by Crippen LogP contribution is 2.28. The average Bonchev–Trinajstić information content (AvgIpc) is 2.67. The van der Waals surface area contributed by atoms with Gasteiger partial charge < -0.3 is 5.32 Å². The molecule has 22 heavy (non-hydrogen) atoms. The summed E-state index contributed by atoms with van der Waals surface area (Å²) >= 11 is 0. The summed E-state index contributed by atoms with van der Waals surface area (Å²) < 4.78 is 1.53. The summed E-state index contributed by atoms with van der Waals surface area (Å²) in [5.41, 5.74) is 4.19. The van der Waals surface area contributed by atoms with Gasteiger partial charge in [0.2, 0.25) is 5.82 Å². The van der Waals surface area contributed by atoms with E-state index in [1.807, 2.05) is 6.92 Å². The highest BCUT2D eigenvalue weighted by molar-refractivity contribution is 5.60. The van der Waals surface area contributed by atoms with Gasteiger partial charge in [-0.15, -0.1) is 0 Å². The third-order valence-corrected chi connectivity index (χ3v) is 3.78. The molecule has 0 radical (unpaired) electrons. The van der Waals surface area contributed by atoms with Gasteiger partial charge in [-0.2, -0.15) is 5.10 Å². The summed E-state index contributed by atoms with van der Waals surface area (Å²) in [4.78, 5) is 10.8. The van der Waals surface area contributed by atoms with E-state index in [1.54, 1.807) is 14.0 Å². The van der Waals surface area contributed by atoms with E-state index in [0.717, 1.165) is 6.42 Å². The molecule has 2 rings (SSSR count). The van der Waals surface area contributed by atoms with Crippen LogP contribution < -0.4 is 5.32 Å². The van der Waals surface area contributed by atoms with Gasteiger partial charge in [0, 0.05) is 13.1 Å². The summed E-state index contributed by atoms with van der Waals surface area (Å²) in [7, 11) is 1.71. The molecule has 0 bridgehead atoms. The van der Waals surface area contributed by atoms with Crippen molar-refractivity contribution in [3.63, 3.8) is 0 Å². The first kappa shape index (κ1) is 16.0.